The lowest BCUT2D eigenvalue weighted by Crippen LogP contribution is -2.15. The van der Waals surface area contributed by atoms with Crippen molar-refractivity contribution in [2.24, 2.45) is 0 Å². The summed E-state index contributed by atoms with van der Waals surface area (Å²) in [6, 6.07) is 7.62. The van der Waals surface area contributed by atoms with E-state index in [9.17, 15) is 4.79 Å². The Balaban J connectivity index is 2.32. The van der Waals surface area contributed by atoms with Gasteiger partial charge in [-0.3, -0.25) is 0 Å². The molecule has 1 aromatic heterocycles. The zero-order valence-corrected chi connectivity index (χ0v) is 12.1. The molecule has 0 aliphatic carbocycles. The maximum Gasteiger partial charge on any atom is 0.420 e. The molecule has 0 fully saturated rings. The third kappa shape index (κ3) is 3.10. The zero-order valence-electron chi connectivity index (χ0n) is 11.3. The molecule has 102 valence electrons. The first kappa shape index (κ1) is 13.9. The van der Waals surface area contributed by atoms with Crippen molar-refractivity contribution in [1.29, 1.82) is 0 Å². The van der Waals surface area contributed by atoms with Gasteiger partial charge in [0.1, 0.15) is 0 Å². The first-order chi connectivity index (χ1) is 9.27. The van der Waals surface area contributed by atoms with Crippen molar-refractivity contribution >= 4 is 28.9 Å². The number of carbonyl (C=O) groups excluding carboxylic acids is 1. The van der Waals surface area contributed by atoms with Crippen molar-refractivity contribution < 1.29 is 9.53 Å². The van der Waals surface area contributed by atoms with Gasteiger partial charge >= 0.3 is 6.09 Å². The standard InChI is InChI=1S/C14H18N2O2S/c1-3-5-10-18-14(17)16-12-9-7-6-8-11(12)15-13(16)19-4-2/h6-9H,3-5,10H2,1-2H3. The number of benzene rings is 1. The monoisotopic (exact) mass is 278 g/mol. The van der Waals surface area contributed by atoms with Crippen molar-refractivity contribution in [1.82, 2.24) is 9.55 Å². The average Bonchev–Trinajstić information content (AvgIpc) is 2.77. The number of hydrogen-bond donors (Lipinski definition) is 0. The largest absolute Gasteiger partial charge is 0.449 e. The highest BCUT2D eigenvalue weighted by Gasteiger charge is 2.17. The lowest BCUT2D eigenvalue weighted by molar-refractivity contribution is 0.145. The number of carbonyl (C=O) groups is 1. The number of para-hydroxylation sites is 2. The van der Waals surface area contributed by atoms with Crippen LogP contribution in [-0.4, -0.2) is 28.0 Å². The van der Waals surface area contributed by atoms with Crippen LogP contribution in [0.25, 0.3) is 11.0 Å². The number of hydrogen-bond acceptors (Lipinski definition) is 4. The van der Waals surface area contributed by atoms with Gasteiger partial charge in [-0.25, -0.2) is 14.3 Å². The number of rotatable bonds is 5. The molecule has 4 nitrogen and oxygen atoms in total. The van der Waals surface area contributed by atoms with Gasteiger partial charge < -0.3 is 4.74 Å². The molecule has 0 radical (unpaired) electrons. The van der Waals surface area contributed by atoms with Crippen LogP contribution in [0.15, 0.2) is 29.4 Å². The zero-order chi connectivity index (χ0) is 13.7. The number of ether oxygens (including phenoxy) is 1. The number of fused-ring (bicyclic) bond motifs is 1. The molecule has 2 aromatic rings. The molecule has 0 spiro atoms. The molecule has 1 heterocycles. The average molecular weight is 278 g/mol. The first-order valence-corrected chi connectivity index (χ1v) is 7.53. The molecule has 2 rings (SSSR count). The van der Waals surface area contributed by atoms with E-state index in [1.807, 2.05) is 31.2 Å². The van der Waals surface area contributed by atoms with Gasteiger partial charge in [0.25, 0.3) is 0 Å². The van der Waals surface area contributed by atoms with E-state index in [4.69, 9.17) is 4.74 Å². The van der Waals surface area contributed by atoms with Crippen LogP contribution >= 0.6 is 11.8 Å². The van der Waals surface area contributed by atoms with Crippen LogP contribution in [0.2, 0.25) is 0 Å². The lowest BCUT2D eigenvalue weighted by Gasteiger charge is -2.07. The highest BCUT2D eigenvalue weighted by molar-refractivity contribution is 7.99. The van der Waals surface area contributed by atoms with Gasteiger partial charge in [-0.05, 0) is 24.3 Å². The molecule has 0 saturated carbocycles. The molecule has 0 unspecified atom stereocenters. The summed E-state index contributed by atoms with van der Waals surface area (Å²) in [6.07, 6.45) is 1.56. The Hall–Kier alpha value is -1.49. The second-order valence-corrected chi connectivity index (χ2v) is 5.35. The molecule has 19 heavy (non-hydrogen) atoms. The summed E-state index contributed by atoms with van der Waals surface area (Å²) in [7, 11) is 0. The molecule has 5 heteroatoms. The van der Waals surface area contributed by atoms with Crippen LogP contribution in [0.3, 0.4) is 0 Å². The van der Waals surface area contributed by atoms with Crippen molar-refractivity contribution in [2.45, 2.75) is 31.8 Å². The molecule has 0 atom stereocenters. The summed E-state index contributed by atoms with van der Waals surface area (Å²) >= 11 is 1.55. The van der Waals surface area contributed by atoms with Crippen LogP contribution in [0.4, 0.5) is 4.79 Å². The molecular formula is C14H18N2O2S. The molecule has 0 aliphatic rings. The van der Waals surface area contributed by atoms with Crippen molar-refractivity contribution in [3.8, 4) is 0 Å². The number of aromatic nitrogens is 2. The van der Waals surface area contributed by atoms with E-state index < -0.39 is 0 Å². The van der Waals surface area contributed by atoms with Crippen molar-refractivity contribution in [3.05, 3.63) is 24.3 Å². The van der Waals surface area contributed by atoms with Crippen LogP contribution in [0.5, 0.6) is 0 Å². The van der Waals surface area contributed by atoms with Gasteiger partial charge in [0.2, 0.25) is 0 Å². The molecule has 0 N–H and O–H groups in total. The third-order valence-corrected chi connectivity index (χ3v) is 3.53. The van der Waals surface area contributed by atoms with Crippen LogP contribution in [0.1, 0.15) is 26.7 Å². The fourth-order valence-corrected chi connectivity index (χ4v) is 2.50. The highest BCUT2D eigenvalue weighted by atomic mass is 32.2. The Kier molecular flexibility index (Phi) is 4.85. The second kappa shape index (κ2) is 6.61. The Morgan fingerprint density at radius 1 is 1.37 bits per heavy atom. The number of nitrogens with zero attached hydrogens (tertiary/aromatic N) is 2. The lowest BCUT2D eigenvalue weighted by atomic mass is 10.3. The van der Waals surface area contributed by atoms with Gasteiger partial charge in [-0.1, -0.05) is 44.2 Å². The highest BCUT2D eigenvalue weighted by Crippen LogP contribution is 2.24. The minimum Gasteiger partial charge on any atom is -0.449 e. The van der Waals surface area contributed by atoms with E-state index >= 15 is 0 Å². The number of unbranched alkanes of at least 4 members (excludes halogenated alkanes) is 1. The Morgan fingerprint density at radius 2 is 2.16 bits per heavy atom. The van der Waals surface area contributed by atoms with Crippen molar-refractivity contribution in [2.75, 3.05) is 12.4 Å². The minimum atomic E-state index is -0.335. The second-order valence-electron chi connectivity index (χ2n) is 4.12. The van der Waals surface area contributed by atoms with E-state index in [1.54, 1.807) is 16.3 Å². The fourth-order valence-electron chi connectivity index (χ4n) is 1.77. The van der Waals surface area contributed by atoms with Crippen LogP contribution < -0.4 is 0 Å². The third-order valence-electron chi connectivity index (χ3n) is 2.71. The van der Waals surface area contributed by atoms with Gasteiger partial charge in [-0.2, -0.15) is 0 Å². The summed E-state index contributed by atoms with van der Waals surface area (Å²) in [5.41, 5.74) is 1.63. The van der Waals surface area contributed by atoms with E-state index in [0.29, 0.717) is 11.8 Å². The van der Waals surface area contributed by atoms with Gasteiger partial charge in [0.05, 0.1) is 17.6 Å². The quantitative estimate of drug-likeness (QED) is 0.614. The molecule has 0 saturated heterocycles. The number of thioether (sulfide) groups is 1. The predicted octanol–water partition coefficient (Wildman–Crippen LogP) is 3.93. The van der Waals surface area contributed by atoms with E-state index in [-0.39, 0.29) is 6.09 Å². The molecular weight excluding hydrogens is 260 g/mol. The normalized spacial score (nSPS) is 10.8. The smallest absolute Gasteiger partial charge is 0.420 e. The van der Waals surface area contributed by atoms with Gasteiger partial charge in [-0.15, -0.1) is 0 Å². The summed E-state index contributed by atoms with van der Waals surface area (Å²) in [6.45, 7) is 4.56. The van der Waals surface area contributed by atoms with Crippen molar-refractivity contribution in [3.63, 3.8) is 0 Å². The fraction of sp³-hybridized carbons (Fsp3) is 0.429. The topological polar surface area (TPSA) is 44.1 Å². The summed E-state index contributed by atoms with van der Waals surface area (Å²) in [5, 5.41) is 0.699. The molecule has 0 aliphatic heterocycles. The van der Waals surface area contributed by atoms with Gasteiger partial charge in [0.15, 0.2) is 5.16 Å². The van der Waals surface area contributed by atoms with E-state index in [0.717, 1.165) is 29.6 Å². The molecule has 0 amide bonds. The first-order valence-electron chi connectivity index (χ1n) is 6.55. The van der Waals surface area contributed by atoms with Crippen LogP contribution in [0, 0.1) is 0 Å². The van der Waals surface area contributed by atoms with Crippen LogP contribution in [-0.2, 0) is 4.74 Å². The summed E-state index contributed by atoms with van der Waals surface area (Å²) in [5.74, 6) is 0.867. The number of imidazole rings is 1. The Morgan fingerprint density at radius 3 is 2.89 bits per heavy atom. The summed E-state index contributed by atoms with van der Waals surface area (Å²) in [4.78, 5) is 16.7. The Labute approximate surface area is 117 Å². The van der Waals surface area contributed by atoms with E-state index in [2.05, 4.69) is 11.9 Å². The Bertz CT molecular complexity index is 566. The maximum atomic E-state index is 12.2. The SMILES string of the molecule is CCCCOC(=O)n1c(SCC)nc2ccccc21. The summed E-state index contributed by atoms with van der Waals surface area (Å²) < 4.78 is 6.86. The molecule has 0 bridgehead atoms. The minimum absolute atomic E-state index is 0.335. The predicted molar refractivity (Wildman–Crippen MR) is 77.8 cm³/mol. The van der Waals surface area contributed by atoms with E-state index in [1.165, 1.54) is 0 Å². The van der Waals surface area contributed by atoms with Gasteiger partial charge in [0, 0.05) is 0 Å². The maximum absolute atomic E-state index is 12.2. The molecule has 1 aromatic carbocycles.